The van der Waals surface area contributed by atoms with Crippen molar-refractivity contribution in [1.29, 1.82) is 0 Å². The number of aromatic nitrogens is 6. The first kappa shape index (κ1) is 62.9. The molecule has 21 aromatic rings. The molecule has 0 saturated carbocycles. The Morgan fingerprint density at radius 2 is 0.582 bits per heavy atom. The van der Waals surface area contributed by atoms with Crippen LogP contribution in [-0.4, -0.2) is 29.1 Å². The molecule has 0 radical (unpaired) electrons. The summed E-state index contributed by atoms with van der Waals surface area (Å²) < 4.78 is 4.82. The molecule has 1 aliphatic rings. The molecule has 0 N–H and O–H groups in total. The van der Waals surface area contributed by atoms with Crippen molar-refractivity contribution in [2.24, 2.45) is 0 Å². The number of allylic oxidation sites excluding steroid dienone is 4. The summed E-state index contributed by atoms with van der Waals surface area (Å²) in [6.07, 6.45) is 10.3. The first-order chi connectivity index (χ1) is 54.5. The van der Waals surface area contributed by atoms with Crippen LogP contribution in [0.5, 0.6) is 0 Å². The van der Waals surface area contributed by atoms with Crippen LogP contribution >= 0.6 is 0 Å². The van der Waals surface area contributed by atoms with Crippen molar-refractivity contribution in [1.82, 2.24) is 29.1 Å². The summed E-state index contributed by atoms with van der Waals surface area (Å²) in [6, 6.07) is 128. The first-order valence-electron chi connectivity index (χ1n) is 37.8. The van der Waals surface area contributed by atoms with Gasteiger partial charge in [-0.3, -0.25) is 9.97 Å². The molecule has 0 bridgehead atoms. The van der Waals surface area contributed by atoms with Gasteiger partial charge in [-0.2, -0.15) is 0 Å². The molecule has 0 unspecified atom stereocenters. The second kappa shape index (κ2) is 25.7. The number of nitrogens with zero attached hydrogens (tertiary/aromatic N) is 6. The lowest BCUT2D eigenvalue weighted by molar-refractivity contribution is 1.05. The Kier molecular flexibility index (Phi) is 14.7. The lowest BCUT2D eigenvalue weighted by atomic mass is 9.91. The maximum Gasteiger partial charge on any atom is 0.0985 e. The van der Waals surface area contributed by atoms with Crippen molar-refractivity contribution >= 4 is 120 Å². The number of hydrogen-bond donors (Lipinski definition) is 0. The minimum atomic E-state index is 0.816. The topological polar surface area (TPSA) is 61.4 Å². The van der Waals surface area contributed by atoms with Gasteiger partial charge in [0, 0.05) is 60.0 Å². The van der Waals surface area contributed by atoms with Gasteiger partial charge in [0.2, 0.25) is 0 Å². The standard InChI is InChI=1S/C104H66N6/c1-2-23-80(24-3-1)109-96-36-12-10-29-86(96)88-56-54-76(61-98(88)109)71-48-46-69(47-49-71)73-18-14-19-74(58-73)75-20-15-22-79(59-75)95-64-106-102-92-32-8-6-28-85(92)90-35-17-34-82(100(90)104(102)108-95)78-21-16-25-81(60-78)110-97-37-13-11-30-87(97)89-57-55-77(62-99(89)110)70-44-42-67(43-45-70)65-38-40-66(41-39-65)68-50-52-72(53-51-68)94-63-105-101-91-31-7-4-26-83(91)84-27-5-9-33-93(84)103(101)107-94/h1-50,52,54-64H,51,53H2. The maximum absolute atomic E-state index is 5.68. The van der Waals surface area contributed by atoms with Gasteiger partial charge in [0.1, 0.15) is 0 Å². The van der Waals surface area contributed by atoms with E-state index in [2.05, 4.69) is 373 Å². The van der Waals surface area contributed by atoms with Crippen LogP contribution in [0, 0.1) is 0 Å². The van der Waals surface area contributed by atoms with Gasteiger partial charge in [0.25, 0.3) is 0 Å². The number of benzene rings is 17. The Hall–Kier alpha value is -14.5. The molecule has 0 saturated heterocycles. The molecule has 0 spiro atoms. The molecule has 0 aliphatic heterocycles. The van der Waals surface area contributed by atoms with Crippen molar-refractivity contribution < 1.29 is 0 Å². The highest BCUT2D eigenvalue weighted by Crippen LogP contribution is 2.45. The van der Waals surface area contributed by atoms with Crippen LogP contribution in [0.1, 0.15) is 24.1 Å². The maximum atomic E-state index is 5.68. The Bertz CT molecular complexity index is 7390. The molecule has 0 amide bonds. The highest BCUT2D eigenvalue weighted by molar-refractivity contribution is 6.27. The van der Waals surface area contributed by atoms with E-state index in [4.69, 9.17) is 19.9 Å². The Morgan fingerprint density at radius 3 is 1.16 bits per heavy atom. The molecule has 1 aliphatic carbocycles. The summed E-state index contributed by atoms with van der Waals surface area (Å²) in [4.78, 5) is 21.4. The zero-order chi connectivity index (χ0) is 72.3. The third-order valence-electron chi connectivity index (χ3n) is 22.9. The molecule has 6 heteroatoms. The summed E-state index contributed by atoms with van der Waals surface area (Å²) in [5, 5.41) is 14.1. The monoisotopic (exact) mass is 1400 g/mol. The van der Waals surface area contributed by atoms with E-state index in [0.29, 0.717) is 0 Å². The van der Waals surface area contributed by atoms with E-state index < -0.39 is 0 Å². The Balaban J connectivity index is 0.554. The second-order valence-electron chi connectivity index (χ2n) is 29.1. The predicted molar refractivity (Wildman–Crippen MR) is 461 cm³/mol. The molecule has 0 fully saturated rings. The van der Waals surface area contributed by atoms with Gasteiger partial charge in [-0.15, -0.1) is 0 Å². The van der Waals surface area contributed by atoms with Crippen LogP contribution in [0.25, 0.3) is 209 Å². The summed E-state index contributed by atoms with van der Waals surface area (Å²) in [6.45, 7) is 0. The molecule has 4 aromatic heterocycles. The van der Waals surface area contributed by atoms with Crippen LogP contribution in [0.4, 0.5) is 0 Å². The van der Waals surface area contributed by atoms with Crippen molar-refractivity contribution in [2.75, 3.05) is 0 Å². The first-order valence-corrected chi connectivity index (χ1v) is 37.8. The van der Waals surface area contributed by atoms with Crippen LogP contribution in [0.3, 0.4) is 0 Å². The molecule has 17 aromatic carbocycles. The molecule has 512 valence electrons. The lowest BCUT2D eigenvalue weighted by Crippen LogP contribution is -1.98. The second-order valence-corrected chi connectivity index (χ2v) is 29.1. The van der Waals surface area contributed by atoms with Gasteiger partial charge in [0.15, 0.2) is 0 Å². The summed E-state index contributed by atoms with van der Waals surface area (Å²) in [7, 11) is 0. The molecule has 6 nitrogen and oxygen atoms in total. The van der Waals surface area contributed by atoms with E-state index >= 15 is 0 Å². The molecule has 0 atom stereocenters. The molecular weight excluding hydrogens is 1330 g/mol. The number of rotatable bonds is 11. The zero-order valence-electron chi connectivity index (χ0n) is 59.9. The summed E-state index contributed by atoms with van der Waals surface area (Å²) in [5.74, 6) is 0. The highest BCUT2D eigenvalue weighted by Gasteiger charge is 2.22. The van der Waals surface area contributed by atoms with Crippen LogP contribution in [0.2, 0.25) is 0 Å². The Labute approximate surface area is 634 Å². The van der Waals surface area contributed by atoms with E-state index in [1.54, 1.807) is 0 Å². The minimum Gasteiger partial charge on any atom is -0.309 e. The quantitative estimate of drug-likeness (QED) is 0.121. The number of hydrogen-bond acceptors (Lipinski definition) is 4. The smallest absolute Gasteiger partial charge is 0.0985 e. The van der Waals surface area contributed by atoms with Crippen LogP contribution in [0.15, 0.2) is 376 Å². The van der Waals surface area contributed by atoms with Gasteiger partial charge in [0.05, 0.1) is 67.9 Å². The lowest BCUT2D eigenvalue weighted by Gasteiger charge is -2.16. The van der Waals surface area contributed by atoms with E-state index in [0.717, 1.165) is 151 Å². The molecule has 22 rings (SSSR count). The molecular formula is C104H66N6. The van der Waals surface area contributed by atoms with E-state index in [-0.39, 0.29) is 0 Å². The number of fused-ring (bicyclic) bond motifs is 18. The van der Waals surface area contributed by atoms with Gasteiger partial charge in [-0.25, -0.2) is 9.97 Å². The summed E-state index contributed by atoms with van der Waals surface area (Å²) >= 11 is 0. The average Bonchev–Trinajstić information content (AvgIpc) is 1.25. The zero-order valence-corrected chi connectivity index (χ0v) is 59.9. The fourth-order valence-corrected chi connectivity index (χ4v) is 17.5. The normalized spacial score (nSPS) is 12.6. The van der Waals surface area contributed by atoms with Gasteiger partial charge in [-0.05, 0) is 179 Å². The van der Waals surface area contributed by atoms with E-state index in [1.165, 1.54) is 82.3 Å². The predicted octanol–water partition coefficient (Wildman–Crippen LogP) is 27.3. The van der Waals surface area contributed by atoms with Crippen molar-refractivity contribution in [3.05, 3.63) is 388 Å². The average molecular weight is 1400 g/mol. The van der Waals surface area contributed by atoms with Crippen molar-refractivity contribution in [3.63, 3.8) is 0 Å². The van der Waals surface area contributed by atoms with Gasteiger partial charge >= 0.3 is 0 Å². The van der Waals surface area contributed by atoms with E-state index in [1.807, 2.05) is 12.4 Å². The fourth-order valence-electron chi connectivity index (χ4n) is 17.5. The molecule has 4 heterocycles. The summed E-state index contributed by atoms with van der Waals surface area (Å²) in [5.41, 5.74) is 30.9. The van der Waals surface area contributed by atoms with Crippen molar-refractivity contribution in [3.8, 4) is 89.4 Å². The molecule has 110 heavy (non-hydrogen) atoms. The highest BCUT2D eigenvalue weighted by atomic mass is 15.0. The van der Waals surface area contributed by atoms with Crippen molar-refractivity contribution in [2.45, 2.75) is 12.8 Å². The van der Waals surface area contributed by atoms with Crippen LogP contribution in [-0.2, 0) is 0 Å². The SMILES string of the molecule is C1=C(c2ccc(-c3ccc(-c4ccc5c6ccccc6n(-c6cccc(-c7cccc8c9ccccc9c9ncc(-c%10cccc(-c%11cccc(-c%12ccc(-c%13ccc%14c%15ccccc%15n(-c%15ccccc%15)c%14c%13)cc%12)c%11)c%10)nc9c78)c6)c5c4)cc3)cc2)CCC(c2cnc3c4ccccc4c4ccccc4c3n2)=C1. The van der Waals surface area contributed by atoms with Crippen LogP contribution < -0.4 is 0 Å². The van der Waals surface area contributed by atoms with Gasteiger partial charge in [-0.1, -0.05) is 303 Å². The van der Waals surface area contributed by atoms with Gasteiger partial charge < -0.3 is 9.13 Å². The third-order valence-corrected chi connectivity index (χ3v) is 22.9. The number of para-hydroxylation sites is 3. The minimum absolute atomic E-state index is 0.816. The Morgan fingerprint density at radius 1 is 0.209 bits per heavy atom. The largest absolute Gasteiger partial charge is 0.309 e. The third kappa shape index (κ3) is 10.5. The van der Waals surface area contributed by atoms with E-state index in [9.17, 15) is 0 Å². The fraction of sp³-hybridized carbons (Fsp3) is 0.0192.